The third-order valence-electron chi connectivity index (χ3n) is 3.06. The average molecular weight is 229 g/mol. The van der Waals surface area contributed by atoms with Crippen LogP contribution in [0.5, 0.6) is 0 Å². The molecule has 1 aliphatic rings. The molecule has 0 atom stereocenters. The van der Waals surface area contributed by atoms with Crippen molar-refractivity contribution in [1.82, 2.24) is 5.32 Å². The lowest BCUT2D eigenvalue weighted by Crippen LogP contribution is -2.56. The van der Waals surface area contributed by atoms with Gasteiger partial charge in [-0.3, -0.25) is 9.59 Å². The number of carbonyl (C=O) groups is 2. The normalized spacial score (nSPS) is 17.6. The third-order valence-corrected chi connectivity index (χ3v) is 3.06. The summed E-state index contributed by atoms with van der Waals surface area (Å²) in [6.45, 7) is -0.00609. The maximum atomic E-state index is 11.5. The lowest BCUT2D eigenvalue weighted by molar-refractivity contribution is -0.137. The van der Waals surface area contributed by atoms with Gasteiger partial charge in [-0.2, -0.15) is 0 Å². The molecule has 0 saturated heterocycles. The van der Waals surface area contributed by atoms with Crippen LogP contribution in [0.2, 0.25) is 0 Å². The molecule has 0 unspecified atom stereocenters. The minimum Gasteiger partial charge on any atom is -0.481 e. The standard InChI is InChI=1S/C11H19NO4/c13-8-11(6-3-7-11)12-9(14)4-1-2-5-10(15)16/h13H,1-8H2,(H,12,14)(H,15,16). The SMILES string of the molecule is O=C(O)CCCCC(=O)NC1(CO)CCC1. The predicted molar refractivity (Wildman–Crippen MR) is 57.9 cm³/mol. The molecular weight excluding hydrogens is 210 g/mol. The summed E-state index contributed by atoms with van der Waals surface area (Å²) in [6, 6.07) is 0. The molecule has 1 rings (SSSR count). The van der Waals surface area contributed by atoms with Crippen molar-refractivity contribution in [2.45, 2.75) is 50.5 Å². The van der Waals surface area contributed by atoms with Gasteiger partial charge in [-0.05, 0) is 32.1 Å². The average Bonchev–Trinajstić information content (AvgIpc) is 2.18. The van der Waals surface area contributed by atoms with E-state index in [1.807, 2.05) is 0 Å². The van der Waals surface area contributed by atoms with E-state index in [1.54, 1.807) is 0 Å². The van der Waals surface area contributed by atoms with Gasteiger partial charge in [-0.25, -0.2) is 0 Å². The fourth-order valence-electron chi connectivity index (χ4n) is 1.85. The van der Waals surface area contributed by atoms with Crippen LogP contribution in [-0.2, 0) is 9.59 Å². The zero-order chi connectivity index (χ0) is 12.0. The summed E-state index contributed by atoms with van der Waals surface area (Å²) >= 11 is 0. The highest BCUT2D eigenvalue weighted by molar-refractivity contribution is 5.77. The molecule has 92 valence electrons. The van der Waals surface area contributed by atoms with Crippen molar-refractivity contribution >= 4 is 11.9 Å². The van der Waals surface area contributed by atoms with E-state index in [4.69, 9.17) is 10.2 Å². The number of aliphatic hydroxyl groups is 1. The second kappa shape index (κ2) is 5.84. The van der Waals surface area contributed by atoms with Crippen LogP contribution in [0.4, 0.5) is 0 Å². The fourth-order valence-corrected chi connectivity index (χ4v) is 1.85. The van der Waals surface area contributed by atoms with Crippen LogP contribution in [0, 0.1) is 0 Å². The number of carboxylic acids is 1. The molecule has 5 heteroatoms. The van der Waals surface area contributed by atoms with E-state index in [2.05, 4.69) is 5.32 Å². The highest BCUT2D eigenvalue weighted by Crippen LogP contribution is 2.31. The van der Waals surface area contributed by atoms with E-state index in [-0.39, 0.29) is 24.5 Å². The van der Waals surface area contributed by atoms with Crippen LogP contribution in [0.25, 0.3) is 0 Å². The van der Waals surface area contributed by atoms with Gasteiger partial charge >= 0.3 is 5.97 Å². The number of hydrogen-bond acceptors (Lipinski definition) is 3. The first-order valence-electron chi connectivity index (χ1n) is 5.72. The topological polar surface area (TPSA) is 86.6 Å². The molecule has 0 bridgehead atoms. The molecule has 5 nitrogen and oxygen atoms in total. The monoisotopic (exact) mass is 229 g/mol. The van der Waals surface area contributed by atoms with E-state index in [1.165, 1.54) is 0 Å². The van der Waals surface area contributed by atoms with E-state index >= 15 is 0 Å². The number of amides is 1. The Morgan fingerprint density at radius 3 is 2.25 bits per heavy atom. The zero-order valence-corrected chi connectivity index (χ0v) is 9.37. The molecular formula is C11H19NO4. The molecule has 0 aromatic rings. The second-order valence-corrected chi connectivity index (χ2v) is 4.44. The Kier molecular flexibility index (Phi) is 4.73. The Morgan fingerprint density at radius 2 is 1.81 bits per heavy atom. The van der Waals surface area contributed by atoms with Crippen LogP contribution in [0.1, 0.15) is 44.9 Å². The van der Waals surface area contributed by atoms with Gasteiger partial charge in [0.15, 0.2) is 0 Å². The van der Waals surface area contributed by atoms with Crippen molar-refractivity contribution in [3.63, 3.8) is 0 Å². The van der Waals surface area contributed by atoms with Crippen molar-refractivity contribution in [2.24, 2.45) is 0 Å². The van der Waals surface area contributed by atoms with Crippen LogP contribution in [0.3, 0.4) is 0 Å². The molecule has 3 N–H and O–H groups in total. The molecule has 1 amide bonds. The summed E-state index contributed by atoms with van der Waals surface area (Å²) in [6.07, 6.45) is 4.27. The number of nitrogens with one attached hydrogen (secondary N) is 1. The summed E-state index contributed by atoms with van der Waals surface area (Å²) in [4.78, 5) is 21.7. The number of aliphatic hydroxyl groups excluding tert-OH is 1. The molecule has 16 heavy (non-hydrogen) atoms. The van der Waals surface area contributed by atoms with Gasteiger partial charge in [0, 0.05) is 12.8 Å². The van der Waals surface area contributed by atoms with Crippen molar-refractivity contribution in [1.29, 1.82) is 0 Å². The van der Waals surface area contributed by atoms with Gasteiger partial charge in [-0.1, -0.05) is 0 Å². The van der Waals surface area contributed by atoms with Gasteiger partial charge in [0.25, 0.3) is 0 Å². The van der Waals surface area contributed by atoms with Crippen LogP contribution in [-0.4, -0.2) is 34.2 Å². The molecule has 0 aliphatic heterocycles. The van der Waals surface area contributed by atoms with E-state index in [0.29, 0.717) is 19.3 Å². The Labute approximate surface area is 94.8 Å². The smallest absolute Gasteiger partial charge is 0.303 e. The first-order chi connectivity index (χ1) is 7.58. The number of carboxylic acid groups (broad SMARTS) is 1. The predicted octanol–water partition coefficient (Wildman–Crippen LogP) is 0.663. The zero-order valence-electron chi connectivity index (χ0n) is 9.37. The molecule has 1 fully saturated rings. The Balaban J connectivity index is 2.13. The molecule has 0 aromatic carbocycles. The second-order valence-electron chi connectivity index (χ2n) is 4.44. The minimum absolute atomic E-state index is 0.00609. The largest absolute Gasteiger partial charge is 0.481 e. The lowest BCUT2D eigenvalue weighted by atomic mass is 9.77. The lowest BCUT2D eigenvalue weighted by Gasteiger charge is -2.41. The first kappa shape index (κ1) is 13.0. The maximum Gasteiger partial charge on any atom is 0.303 e. The fraction of sp³-hybridized carbons (Fsp3) is 0.818. The van der Waals surface area contributed by atoms with Gasteiger partial charge in [-0.15, -0.1) is 0 Å². The summed E-state index contributed by atoms with van der Waals surface area (Å²) in [5.74, 6) is -0.912. The maximum absolute atomic E-state index is 11.5. The van der Waals surface area contributed by atoms with Crippen molar-refractivity contribution in [3.05, 3.63) is 0 Å². The highest BCUT2D eigenvalue weighted by Gasteiger charge is 2.37. The summed E-state index contributed by atoms with van der Waals surface area (Å²) < 4.78 is 0. The van der Waals surface area contributed by atoms with Gasteiger partial charge in [0.05, 0.1) is 12.1 Å². The van der Waals surface area contributed by atoms with Gasteiger partial charge in [0.2, 0.25) is 5.91 Å². The molecule has 0 heterocycles. The summed E-state index contributed by atoms with van der Waals surface area (Å²) in [5.41, 5.74) is -0.385. The van der Waals surface area contributed by atoms with Crippen molar-refractivity contribution in [3.8, 4) is 0 Å². The quantitative estimate of drug-likeness (QED) is 0.560. The number of carbonyl (C=O) groups excluding carboxylic acids is 1. The third kappa shape index (κ3) is 3.81. The van der Waals surface area contributed by atoms with Crippen LogP contribution < -0.4 is 5.32 Å². The molecule has 0 spiro atoms. The molecule has 0 radical (unpaired) electrons. The minimum atomic E-state index is -0.828. The van der Waals surface area contributed by atoms with Gasteiger partial charge < -0.3 is 15.5 Å². The Morgan fingerprint density at radius 1 is 1.19 bits per heavy atom. The van der Waals surface area contributed by atoms with Crippen LogP contribution in [0.15, 0.2) is 0 Å². The van der Waals surface area contributed by atoms with E-state index in [0.717, 1.165) is 19.3 Å². The van der Waals surface area contributed by atoms with E-state index in [9.17, 15) is 9.59 Å². The molecule has 0 aromatic heterocycles. The summed E-state index contributed by atoms with van der Waals surface area (Å²) in [7, 11) is 0. The number of rotatable bonds is 7. The Hall–Kier alpha value is -1.10. The van der Waals surface area contributed by atoms with Crippen molar-refractivity contribution in [2.75, 3.05) is 6.61 Å². The summed E-state index contributed by atoms with van der Waals surface area (Å²) in [5, 5.41) is 20.4. The molecule has 1 saturated carbocycles. The molecule has 1 aliphatic carbocycles. The highest BCUT2D eigenvalue weighted by atomic mass is 16.4. The van der Waals surface area contributed by atoms with Gasteiger partial charge in [0.1, 0.15) is 0 Å². The van der Waals surface area contributed by atoms with Crippen molar-refractivity contribution < 1.29 is 19.8 Å². The first-order valence-corrected chi connectivity index (χ1v) is 5.72. The van der Waals surface area contributed by atoms with E-state index < -0.39 is 5.97 Å². The Bertz CT molecular complexity index is 255. The number of aliphatic carboxylic acids is 1. The van der Waals surface area contributed by atoms with Crippen LogP contribution >= 0.6 is 0 Å². The number of hydrogen-bond donors (Lipinski definition) is 3. The number of unbranched alkanes of at least 4 members (excludes halogenated alkanes) is 1.